The number of aliphatic hydroxyl groups excluding tert-OH is 1. The van der Waals surface area contributed by atoms with Crippen LogP contribution in [0, 0.1) is 0 Å². The van der Waals surface area contributed by atoms with Crippen molar-refractivity contribution in [2.45, 2.75) is 64.6 Å². The van der Waals surface area contributed by atoms with Gasteiger partial charge in [-0.3, -0.25) is 4.90 Å². The lowest BCUT2D eigenvalue weighted by Gasteiger charge is -2.42. The molecule has 0 saturated carbocycles. The Bertz CT molecular complexity index is 485. The van der Waals surface area contributed by atoms with Gasteiger partial charge in [0.25, 0.3) is 0 Å². The van der Waals surface area contributed by atoms with Crippen molar-refractivity contribution in [2.75, 3.05) is 13.1 Å². The number of hydrogen-bond acceptors (Lipinski definition) is 3. The lowest BCUT2D eigenvalue weighted by Crippen LogP contribution is -2.58. The second-order valence-corrected chi connectivity index (χ2v) is 7.21. The molecule has 2 atom stereocenters. The van der Waals surface area contributed by atoms with Crippen molar-refractivity contribution in [3.8, 4) is 0 Å². The van der Waals surface area contributed by atoms with E-state index in [-0.39, 0.29) is 0 Å². The molecule has 1 amide bonds. The molecule has 0 aliphatic heterocycles. The number of nitrogens with one attached hydrogen (secondary N) is 1. The third kappa shape index (κ3) is 6.49. The molecule has 0 bridgehead atoms. The smallest absolute Gasteiger partial charge is 0.408 e. The highest BCUT2D eigenvalue weighted by Gasteiger charge is 2.37. The number of carboxylic acid groups (broad SMARTS) is 1. The van der Waals surface area contributed by atoms with Crippen LogP contribution in [0.4, 0.5) is 4.79 Å². The summed E-state index contributed by atoms with van der Waals surface area (Å²) in [5.74, 6) is 0. The van der Waals surface area contributed by atoms with Crippen molar-refractivity contribution in [1.29, 1.82) is 0 Å². The van der Waals surface area contributed by atoms with Crippen molar-refractivity contribution in [1.82, 2.24) is 10.2 Å². The van der Waals surface area contributed by atoms with Gasteiger partial charge in [0, 0.05) is 12.1 Å². The van der Waals surface area contributed by atoms with E-state index < -0.39 is 23.8 Å². The topological polar surface area (TPSA) is 72.8 Å². The van der Waals surface area contributed by atoms with Crippen LogP contribution in [0.2, 0.25) is 0 Å². The molecule has 0 aromatic heterocycles. The molecule has 0 spiro atoms. The van der Waals surface area contributed by atoms with Crippen LogP contribution >= 0.6 is 0 Å². The Balaban J connectivity index is 2.94. The van der Waals surface area contributed by atoms with Gasteiger partial charge in [0.15, 0.2) is 0 Å². The van der Waals surface area contributed by atoms with Crippen LogP contribution in [0.25, 0.3) is 0 Å². The first-order valence-corrected chi connectivity index (χ1v) is 8.72. The maximum atomic E-state index is 11.9. The Kier molecular flexibility index (Phi) is 8.22. The average molecular weight is 336 g/mol. The van der Waals surface area contributed by atoms with E-state index in [2.05, 4.69) is 12.2 Å². The Morgan fingerprint density at radius 2 is 1.88 bits per heavy atom. The zero-order chi connectivity index (χ0) is 18.2. The highest BCUT2D eigenvalue weighted by atomic mass is 16.4. The van der Waals surface area contributed by atoms with Gasteiger partial charge in [-0.25, -0.2) is 4.79 Å². The molecule has 1 aromatic carbocycles. The van der Waals surface area contributed by atoms with Crippen LogP contribution in [0.3, 0.4) is 0 Å². The fourth-order valence-corrected chi connectivity index (χ4v) is 2.87. The van der Waals surface area contributed by atoms with Crippen LogP contribution in [-0.2, 0) is 6.42 Å². The normalized spacial score (nSPS) is 14.2. The molecule has 0 heterocycles. The highest BCUT2D eigenvalue weighted by Crippen LogP contribution is 2.22. The first-order valence-electron chi connectivity index (χ1n) is 8.72. The zero-order valence-electron chi connectivity index (χ0n) is 15.3. The predicted molar refractivity (Wildman–Crippen MR) is 97.3 cm³/mol. The molecular formula is C19H32N2O3. The summed E-state index contributed by atoms with van der Waals surface area (Å²) in [5.41, 5.74) is 0.431. The van der Waals surface area contributed by atoms with Gasteiger partial charge in [-0.15, -0.1) is 0 Å². The molecule has 0 unspecified atom stereocenters. The Hall–Kier alpha value is -1.59. The van der Waals surface area contributed by atoms with Gasteiger partial charge in [-0.05, 0) is 45.7 Å². The average Bonchev–Trinajstić information content (AvgIpc) is 2.50. The first-order chi connectivity index (χ1) is 11.3. The number of benzene rings is 1. The third-order valence-electron chi connectivity index (χ3n) is 4.05. The van der Waals surface area contributed by atoms with Gasteiger partial charge < -0.3 is 15.5 Å². The summed E-state index contributed by atoms with van der Waals surface area (Å²) in [4.78, 5) is 13.2. The maximum absolute atomic E-state index is 11.9. The Morgan fingerprint density at radius 3 is 2.38 bits per heavy atom. The van der Waals surface area contributed by atoms with E-state index in [9.17, 15) is 15.0 Å². The van der Waals surface area contributed by atoms with E-state index in [0.29, 0.717) is 13.0 Å². The quantitative estimate of drug-likeness (QED) is 0.606. The lowest BCUT2D eigenvalue weighted by atomic mass is 9.94. The standard InChI is InChI=1S/C19H32N2O3/c1-5-6-12-20-14-17(22)16(13-15-10-8-7-9-11-15)21(18(23)24)19(2,3)4/h7-11,16-17,20,22H,5-6,12-14H2,1-4H3,(H,23,24)/t16-,17+/m0/s1. The fraction of sp³-hybridized carbons (Fsp3) is 0.632. The van der Waals surface area contributed by atoms with Gasteiger partial charge in [-0.2, -0.15) is 0 Å². The maximum Gasteiger partial charge on any atom is 0.408 e. The lowest BCUT2D eigenvalue weighted by molar-refractivity contribution is 0.00787. The molecule has 0 radical (unpaired) electrons. The van der Waals surface area contributed by atoms with E-state index in [0.717, 1.165) is 24.9 Å². The summed E-state index contributed by atoms with van der Waals surface area (Å²) in [6.07, 6.45) is 0.840. The molecule has 5 nitrogen and oxygen atoms in total. The minimum atomic E-state index is -1.00. The van der Waals surface area contributed by atoms with Crippen LogP contribution in [-0.4, -0.2) is 52.0 Å². The molecular weight excluding hydrogens is 304 g/mol. The molecule has 136 valence electrons. The summed E-state index contributed by atoms with van der Waals surface area (Å²) in [6, 6.07) is 9.22. The van der Waals surface area contributed by atoms with Crippen molar-refractivity contribution in [2.24, 2.45) is 0 Å². The SMILES string of the molecule is CCCCNC[C@@H](O)[C@H](Cc1ccccc1)N(C(=O)O)C(C)(C)C. The predicted octanol–water partition coefficient (Wildman–Crippen LogP) is 3.13. The number of hydrogen-bond donors (Lipinski definition) is 3. The van der Waals surface area contributed by atoms with Crippen molar-refractivity contribution in [3.63, 3.8) is 0 Å². The fourth-order valence-electron chi connectivity index (χ4n) is 2.87. The van der Waals surface area contributed by atoms with Crippen molar-refractivity contribution >= 4 is 6.09 Å². The van der Waals surface area contributed by atoms with E-state index in [4.69, 9.17) is 0 Å². The Morgan fingerprint density at radius 1 is 1.25 bits per heavy atom. The molecule has 1 aromatic rings. The number of rotatable bonds is 9. The van der Waals surface area contributed by atoms with E-state index >= 15 is 0 Å². The molecule has 1 rings (SSSR count). The first kappa shape index (κ1) is 20.5. The Labute approximate surface area is 145 Å². The molecule has 0 aliphatic rings. The van der Waals surface area contributed by atoms with Crippen LogP contribution in [0.15, 0.2) is 30.3 Å². The minimum Gasteiger partial charge on any atom is -0.465 e. The van der Waals surface area contributed by atoms with E-state index in [1.54, 1.807) is 0 Å². The number of nitrogens with zero attached hydrogens (tertiary/aromatic N) is 1. The highest BCUT2D eigenvalue weighted by molar-refractivity contribution is 5.66. The van der Waals surface area contributed by atoms with Crippen molar-refractivity contribution < 1.29 is 15.0 Å². The summed E-state index contributed by atoms with van der Waals surface area (Å²) in [7, 11) is 0. The van der Waals surface area contributed by atoms with E-state index in [1.165, 1.54) is 4.90 Å². The number of aliphatic hydroxyl groups is 1. The number of unbranched alkanes of at least 4 members (excludes halogenated alkanes) is 1. The molecule has 3 N–H and O–H groups in total. The molecule has 0 saturated heterocycles. The van der Waals surface area contributed by atoms with Crippen LogP contribution in [0.5, 0.6) is 0 Å². The summed E-state index contributed by atoms with van der Waals surface area (Å²) in [6.45, 7) is 8.90. The number of carbonyl (C=O) groups is 1. The van der Waals surface area contributed by atoms with E-state index in [1.807, 2.05) is 51.1 Å². The molecule has 24 heavy (non-hydrogen) atoms. The van der Waals surface area contributed by atoms with Crippen molar-refractivity contribution in [3.05, 3.63) is 35.9 Å². The van der Waals surface area contributed by atoms with Gasteiger partial charge in [0.1, 0.15) is 0 Å². The molecule has 0 aliphatic carbocycles. The van der Waals surface area contributed by atoms with Gasteiger partial charge in [0.05, 0.1) is 12.1 Å². The minimum absolute atomic E-state index is 0.386. The van der Waals surface area contributed by atoms with Gasteiger partial charge >= 0.3 is 6.09 Å². The second kappa shape index (κ2) is 9.64. The van der Waals surface area contributed by atoms with Gasteiger partial charge in [0.2, 0.25) is 0 Å². The summed E-state index contributed by atoms with van der Waals surface area (Å²) in [5, 5.41) is 23.6. The zero-order valence-corrected chi connectivity index (χ0v) is 15.3. The number of amides is 1. The second-order valence-electron chi connectivity index (χ2n) is 7.21. The third-order valence-corrected chi connectivity index (χ3v) is 4.05. The summed E-state index contributed by atoms with van der Waals surface area (Å²) < 4.78 is 0. The molecule has 0 fully saturated rings. The van der Waals surface area contributed by atoms with Crippen LogP contribution < -0.4 is 5.32 Å². The monoisotopic (exact) mass is 336 g/mol. The van der Waals surface area contributed by atoms with Crippen LogP contribution in [0.1, 0.15) is 46.1 Å². The largest absolute Gasteiger partial charge is 0.465 e. The van der Waals surface area contributed by atoms with Gasteiger partial charge in [-0.1, -0.05) is 43.7 Å². The molecule has 5 heteroatoms. The summed E-state index contributed by atoms with van der Waals surface area (Å²) >= 11 is 0.